The highest BCUT2D eigenvalue weighted by molar-refractivity contribution is 7.79. The van der Waals surface area contributed by atoms with E-state index in [1.807, 2.05) is 74.5 Å². The maximum atomic E-state index is 8.74. The minimum atomic E-state index is -4.67. The van der Waals surface area contributed by atoms with Gasteiger partial charge in [-0.1, -0.05) is 36.4 Å². The number of para-hydroxylation sites is 2. The third-order valence-corrected chi connectivity index (χ3v) is 2.11. The van der Waals surface area contributed by atoms with Crippen molar-refractivity contribution in [3.05, 3.63) is 60.7 Å². The average Bonchev–Trinajstić information content (AvgIpc) is 2.49. The summed E-state index contributed by atoms with van der Waals surface area (Å²) in [5.74, 6) is 1.89. The van der Waals surface area contributed by atoms with Crippen molar-refractivity contribution in [1.29, 1.82) is 0 Å². The van der Waals surface area contributed by atoms with Crippen molar-refractivity contribution in [1.82, 2.24) is 0 Å². The van der Waals surface area contributed by atoms with Crippen LogP contribution >= 0.6 is 0 Å². The van der Waals surface area contributed by atoms with Gasteiger partial charge in [0.25, 0.3) is 0 Å². The summed E-state index contributed by atoms with van der Waals surface area (Å²) in [6.07, 6.45) is 0. The Morgan fingerprint density at radius 3 is 1.22 bits per heavy atom. The van der Waals surface area contributed by atoms with Crippen LogP contribution in [0, 0.1) is 0 Å². The van der Waals surface area contributed by atoms with Crippen LogP contribution in [0.4, 0.5) is 0 Å². The SMILES string of the molecule is CCOc1ccccc1.CCOc1ccccc1.O=S(=O)(O)O. The Morgan fingerprint density at radius 2 is 1.00 bits per heavy atom. The molecule has 2 aromatic carbocycles. The van der Waals surface area contributed by atoms with Gasteiger partial charge in [-0.3, -0.25) is 9.11 Å². The molecule has 0 radical (unpaired) electrons. The van der Waals surface area contributed by atoms with E-state index in [1.165, 1.54) is 0 Å². The highest BCUT2D eigenvalue weighted by atomic mass is 32.3. The van der Waals surface area contributed by atoms with Crippen LogP contribution in [0.2, 0.25) is 0 Å². The number of benzene rings is 2. The quantitative estimate of drug-likeness (QED) is 0.826. The lowest BCUT2D eigenvalue weighted by Crippen LogP contribution is -1.89. The van der Waals surface area contributed by atoms with E-state index in [2.05, 4.69) is 0 Å². The zero-order valence-corrected chi connectivity index (χ0v) is 13.9. The van der Waals surface area contributed by atoms with Crippen LogP contribution in [0.1, 0.15) is 13.8 Å². The molecular formula is C16H22O6S. The molecule has 0 aromatic heterocycles. The lowest BCUT2D eigenvalue weighted by Gasteiger charge is -1.99. The summed E-state index contributed by atoms with van der Waals surface area (Å²) in [6, 6.07) is 19.6. The molecule has 0 saturated heterocycles. The number of hydrogen-bond donors (Lipinski definition) is 2. The lowest BCUT2D eigenvalue weighted by molar-refractivity contribution is 0.340. The van der Waals surface area contributed by atoms with Gasteiger partial charge in [-0.15, -0.1) is 0 Å². The summed E-state index contributed by atoms with van der Waals surface area (Å²) in [7, 11) is -4.67. The molecule has 128 valence electrons. The van der Waals surface area contributed by atoms with Gasteiger partial charge in [0, 0.05) is 0 Å². The first-order chi connectivity index (χ1) is 10.9. The lowest BCUT2D eigenvalue weighted by atomic mass is 10.3. The first-order valence-corrected chi connectivity index (χ1v) is 8.32. The van der Waals surface area contributed by atoms with E-state index < -0.39 is 10.4 Å². The van der Waals surface area contributed by atoms with Gasteiger partial charge < -0.3 is 9.47 Å². The van der Waals surface area contributed by atoms with Gasteiger partial charge in [0.2, 0.25) is 0 Å². The van der Waals surface area contributed by atoms with Crippen LogP contribution in [0.25, 0.3) is 0 Å². The standard InChI is InChI=1S/2C8H10O.H2O4S/c2*1-2-9-8-6-4-3-5-7-8;1-5(2,3)4/h2*3-7H,2H2,1H3;(H2,1,2,3,4). The fourth-order valence-corrected chi connectivity index (χ4v) is 1.37. The fourth-order valence-electron chi connectivity index (χ4n) is 1.37. The zero-order valence-electron chi connectivity index (χ0n) is 13.1. The molecule has 0 aliphatic carbocycles. The summed E-state index contributed by atoms with van der Waals surface area (Å²) >= 11 is 0. The van der Waals surface area contributed by atoms with Crippen molar-refractivity contribution in [3.63, 3.8) is 0 Å². The van der Waals surface area contributed by atoms with Gasteiger partial charge >= 0.3 is 10.4 Å². The van der Waals surface area contributed by atoms with E-state index in [0.717, 1.165) is 24.7 Å². The van der Waals surface area contributed by atoms with Gasteiger partial charge in [0.15, 0.2) is 0 Å². The second-order valence-corrected chi connectivity index (χ2v) is 4.84. The van der Waals surface area contributed by atoms with Crippen molar-refractivity contribution in [3.8, 4) is 11.5 Å². The topological polar surface area (TPSA) is 93.1 Å². The van der Waals surface area contributed by atoms with Crippen LogP contribution in [0.5, 0.6) is 11.5 Å². The summed E-state index contributed by atoms with van der Waals surface area (Å²) in [6.45, 7) is 5.44. The van der Waals surface area contributed by atoms with E-state index in [0.29, 0.717) is 0 Å². The van der Waals surface area contributed by atoms with Crippen LogP contribution in [-0.4, -0.2) is 30.7 Å². The monoisotopic (exact) mass is 342 g/mol. The van der Waals surface area contributed by atoms with Gasteiger partial charge in [-0.05, 0) is 38.1 Å². The Kier molecular flexibility index (Phi) is 11.3. The minimum absolute atomic E-state index is 0.740. The van der Waals surface area contributed by atoms with Gasteiger partial charge in [0.05, 0.1) is 13.2 Å². The summed E-state index contributed by atoms with van der Waals surface area (Å²) in [5, 5.41) is 0. The maximum absolute atomic E-state index is 8.74. The molecule has 23 heavy (non-hydrogen) atoms. The van der Waals surface area contributed by atoms with Crippen molar-refractivity contribution in [2.24, 2.45) is 0 Å². The fraction of sp³-hybridized carbons (Fsp3) is 0.250. The van der Waals surface area contributed by atoms with Crippen molar-refractivity contribution < 1.29 is 27.0 Å². The molecule has 0 amide bonds. The first kappa shape index (κ1) is 20.9. The molecule has 0 aliphatic heterocycles. The molecule has 0 saturated carbocycles. The summed E-state index contributed by atoms with van der Waals surface area (Å²) in [5.41, 5.74) is 0. The van der Waals surface area contributed by atoms with Crippen LogP contribution < -0.4 is 9.47 Å². The van der Waals surface area contributed by atoms with Crippen molar-refractivity contribution in [2.45, 2.75) is 13.8 Å². The predicted octanol–water partition coefficient (Wildman–Crippen LogP) is 3.52. The zero-order chi connectivity index (χ0) is 17.6. The van der Waals surface area contributed by atoms with E-state index in [4.69, 9.17) is 27.0 Å². The molecular weight excluding hydrogens is 320 g/mol. The number of rotatable bonds is 4. The average molecular weight is 342 g/mol. The first-order valence-electron chi connectivity index (χ1n) is 6.92. The van der Waals surface area contributed by atoms with E-state index >= 15 is 0 Å². The summed E-state index contributed by atoms with van der Waals surface area (Å²) < 4.78 is 42.0. The third-order valence-electron chi connectivity index (χ3n) is 2.11. The largest absolute Gasteiger partial charge is 0.494 e. The van der Waals surface area contributed by atoms with E-state index in [-0.39, 0.29) is 0 Å². The Bertz CT molecular complexity index is 549. The van der Waals surface area contributed by atoms with Gasteiger partial charge in [-0.2, -0.15) is 8.42 Å². The van der Waals surface area contributed by atoms with E-state index in [1.54, 1.807) is 0 Å². The molecule has 0 bridgehead atoms. The maximum Gasteiger partial charge on any atom is 0.394 e. The molecule has 0 spiro atoms. The molecule has 0 fully saturated rings. The highest BCUT2D eigenvalue weighted by Gasteiger charge is 1.85. The molecule has 6 nitrogen and oxygen atoms in total. The molecule has 0 aliphatic rings. The Hall–Kier alpha value is -2.09. The number of hydrogen-bond acceptors (Lipinski definition) is 4. The smallest absolute Gasteiger partial charge is 0.394 e. The van der Waals surface area contributed by atoms with Crippen LogP contribution in [-0.2, 0) is 10.4 Å². The van der Waals surface area contributed by atoms with Gasteiger partial charge in [-0.25, -0.2) is 0 Å². The normalized spacial score (nSPS) is 9.57. The third kappa shape index (κ3) is 16.1. The molecule has 0 heterocycles. The predicted molar refractivity (Wildman–Crippen MR) is 89.4 cm³/mol. The van der Waals surface area contributed by atoms with Crippen LogP contribution in [0.3, 0.4) is 0 Å². The molecule has 2 aromatic rings. The van der Waals surface area contributed by atoms with Crippen LogP contribution in [0.15, 0.2) is 60.7 Å². The Labute approximate surface area is 137 Å². The molecule has 0 unspecified atom stereocenters. The number of ether oxygens (including phenoxy) is 2. The highest BCUT2D eigenvalue weighted by Crippen LogP contribution is 2.07. The molecule has 2 N–H and O–H groups in total. The minimum Gasteiger partial charge on any atom is -0.494 e. The Morgan fingerprint density at radius 1 is 0.739 bits per heavy atom. The molecule has 0 atom stereocenters. The van der Waals surface area contributed by atoms with Crippen molar-refractivity contribution >= 4 is 10.4 Å². The molecule has 2 rings (SSSR count). The second kappa shape index (κ2) is 12.5. The Balaban J connectivity index is 0.000000332. The molecule has 7 heteroatoms. The van der Waals surface area contributed by atoms with Crippen molar-refractivity contribution in [2.75, 3.05) is 13.2 Å². The van der Waals surface area contributed by atoms with E-state index in [9.17, 15) is 0 Å². The second-order valence-electron chi connectivity index (χ2n) is 3.94. The van der Waals surface area contributed by atoms with Gasteiger partial charge in [0.1, 0.15) is 11.5 Å². The summed E-state index contributed by atoms with van der Waals surface area (Å²) in [4.78, 5) is 0.